The van der Waals surface area contributed by atoms with Crippen molar-refractivity contribution in [2.75, 3.05) is 11.9 Å². The number of aryl methyl sites for hydroxylation is 1. The summed E-state index contributed by atoms with van der Waals surface area (Å²) in [6.45, 7) is 6.54. The number of phenols is 1. The highest BCUT2D eigenvalue weighted by molar-refractivity contribution is 9.09. The van der Waals surface area contributed by atoms with Gasteiger partial charge in [0.15, 0.2) is 0 Å². The molecule has 0 unspecified atom stereocenters. The van der Waals surface area contributed by atoms with Crippen molar-refractivity contribution in [3.63, 3.8) is 0 Å². The van der Waals surface area contributed by atoms with Crippen LogP contribution < -0.4 is 5.32 Å². The molecule has 0 aromatic heterocycles. The first-order valence-corrected chi connectivity index (χ1v) is 6.62. The van der Waals surface area contributed by atoms with E-state index in [0.717, 1.165) is 10.9 Å². The number of aromatic hydroxyl groups is 1. The topological polar surface area (TPSA) is 49.3 Å². The van der Waals surface area contributed by atoms with Crippen molar-refractivity contribution in [1.29, 1.82) is 0 Å². The maximum Gasteiger partial charge on any atom is 0.255 e. The van der Waals surface area contributed by atoms with E-state index in [2.05, 4.69) is 35.1 Å². The molecule has 0 bridgehead atoms. The fourth-order valence-corrected chi connectivity index (χ4v) is 1.49. The Morgan fingerprint density at radius 3 is 2.65 bits per heavy atom. The van der Waals surface area contributed by atoms with E-state index in [1.54, 1.807) is 12.1 Å². The number of halogens is 1. The maximum atomic E-state index is 11.9. The lowest BCUT2D eigenvalue weighted by molar-refractivity contribution is 0.0937. The quantitative estimate of drug-likeness (QED) is 0.840. The van der Waals surface area contributed by atoms with Crippen molar-refractivity contribution < 1.29 is 9.90 Å². The molecule has 1 rings (SSSR count). The molecule has 1 aromatic rings. The standard InChI is InChI=1S/C13H18BrNO2/c1-9-4-5-10(11(16)6-9)12(17)15-8-13(2,3)7-14/h4-6,16H,7-8H2,1-3H3,(H,15,17). The summed E-state index contributed by atoms with van der Waals surface area (Å²) in [7, 11) is 0. The third-order valence-electron chi connectivity index (χ3n) is 2.49. The van der Waals surface area contributed by atoms with Crippen LogP contribution in [0, 0.1) is 12.3 Å². The highest BCUT2D eigenvalue weighted by atomic mass is 79.9. The van der Waals surface area contributed by atoms with Crippen LogP contribution in [0.15, 0.2) is 18.2 Å². The Bertz CT molecular complexity index is 416. The van der Waals surface area contributed by atoms with Gasteiger partial charge in [-0.15, -0.1) is 0 Å². The molecule has 0 fully saturated rings. The Balaban J connectivity index is 2.71. The van der Waals surface area contributed by atoms with E-state index < -0.39 is 0 Å². The van der Waals surface area contributed by atoms with E-state index in [-0.39, 0.29) is 17.1 Å². The molecule has 0 aliphatic rings. The average molecular weight is 300 g/mol. The molecule has 94 valence electrons. The van der Waals surface area contributed by atoms with Crippen LogP contribution in [-0.4, -0.2) is 22.9 Å². The van der Waals surface area contributed by atoms with Crippen LogP contribution in [0.25, 0.3) is 0 Å². The van der Waals surface area contributed by atoms with E-state index in [1.807, 2.05) is 13.0 Å². The van der Waals surface area contributed by atoms with Crippen LogP contribution in [0.3, 0.4) is 0 Å². The highest BCUT2D eigenvalue weighted by Crippen LogP contribution is 2.20. The van der Waals surface area contributed by atoms with Gasteiger partial charge in [-0.25, -0.2) is 0 Å². The number of nitrogens with one attached hydrogen (secondary N) is 1. The van der Waals surface area contributed by atoms with Gasteiger partial charge in [0.05, 0.1) is 5.56 Å². The smallest absolute Gasteiger partial charge is 0.255 e. The third kappa shape index (κ3) is 4.04. The van der Waals surface area contributed by atoms with Crippen LogP contribution >= 0.6 is 15.9 Å². The summed E-state index contributed by atoms with van der Waals surface area (Å²) < 4.78 is 0. The van der Waals surface area contributed by atoms with Gasteiger partial charge < -0.3 is 10.4 Å². The highest BCUT2D eigenvalue weighted by Gasteiger charge is 2.18. The van der Waals surface area contributed by atoms with Crippen molar-refractivity contribution in [3.05, 3.63) is 29.3 Å². The second-order valence-electron chi connectivity index (χ2n) is 5.00. The molecule has 0 saturated heterocycles. The van der Waals surface area contributed by atoms with Crippen LogP contribution in [0.5, 0.6) is 5.75 Å². The Kier molecular flexibility index (Phi) is 4.57. The minimum Gasteiger partial charge on any atom is -0.507 e. The number of amides is 1. The van der Waals surface area contributed by atoms with Crippen molar-refractivity contribution in [2.45, 2.75) is 20.8 Å². The summed E-state index contributed by atoms with van der Waals surface area (Å²) in [5.41, 5.74) is 1.25. The zero-order valence-corrected chi connectivity index (χ0v) is 12.0. The first-order chi connectivity index (χ1) is 7.85. The molecule has 0 aliphatic heterocycles. The molecule has 0 atom stereocenters. The molecule has 4 heteroatoms. The fraction of sp³-hybridized carbons (Fsp3) is 0.462. The van der Waals surface area contributed by atoms with Gasteiger partial charge in [-0.1, -0.05) is 35.8 Å². The zero-order valence-electron chi connectivity index (χ0n) is 10.4. The molecule has 3 nitrogen and oxygen atoms in total. The van der Waals surface area contributed by atoms with Crippen LogP contribution in [-0.2, 0) is 0 Å². The summed E-state index contributed by atoms with van der Waals surface area (Å²) in [5.74, 6) is -0.212. The number of carbonyl (C=O) groups excluding carboxylic acids is 1. The summed E-state index contributed by atoms with van der Waals surface area (Å²) >= 11 is 3.40. The van der Waals surface area contributed by atoms with Gasteiger partial charge in [-0.05, 0) is 30.0 Å². The van der Waals surface area contributed by atoms with Crippen LogP contribution in [0.1, 0.15) is 29.8 Å². The average Bonchev–Trinajstić information content (AvgIpc) is 2.26. The Morgan fingerprint density at radius 2 is 2.12 bits per heavy atom. The number of hydrogen-bond donors (Lipinski definition) is 2. The van der Waals surface area contributed by atoms with Crippen molar-refractivity contribution >= 4 is 21.8 Å². The third-order valence-corrected chi connectivity index (χ3v) is 4.01. The molecule has 1 aromatic carbocycles. The van der Waals surface area contributed by atoms with Crippen molar-refractivity contribution in [1.82, 2.24) is 5.32 Å². The molecule has 0 spiro atoms. The van der Waals surface area contributed by atoms with Gasteiger partial charge in [-0.2, -0.15) is 0 Å². The predicted molar refractivity (Wildman–Crippen MR) is 72.8 cm³/mol. The van der Waals surface area contributed by atoms with E-state index in [4.69, 9.17) is 0 Å². The van der Waals surface area contributed by atoms with E-state index in [9.17, 15) is 9.90 Å². The maximum absolute atomic E-state index is 11.9. The van der Waals surface area contributed by atoms with Crippen molar-refractivity contribution in [3.8, 4) is 5.75 Å². The van der Waals surface area contributed by atoms with E-state index in [1.165, 1.54) is 0 Å². The number of hydrogen-bond acceptors (Lipinski definition) is 2. The summed E-state index contributed by atoms with van der Waals surface area (Å²) in [6.07, 6.45) is 0. The number of benzene rings is 1. The molecule has 0 radical (unpaired) electrons. The lowest BCUT2D eigenvalue weighted by atomic mass is 9.96. The van der Waals surface area contributed by atoms with Gasteiger partial charge in [0.1, 0.15) is 5.75 Å². The molecule has 0 heterocycles. The minimum absolute atomic E-state index is 0.00399. The number of alkyl halides is 1. The Labute approximate surface area is 110 Å². The van der Waals surface area contributed by atoms with E-state index >= 15 is 0 Å². The second-order valence-corrected chi connectivity index (χ2v) is 5.56. The van der Waals surface area contributed by atoms with Crippen LogP contribution in [0.4, 0.5) is 0 Å². The number of phenolic OH excluding ortho intramolecular Hbond substituents is 1. The number of carbonyl (C=O) groups is 1. The zero-order chi connectivity index (χ0) is 13.1. The molecule has 1 amide bonds. The normalized spacial score (nSPS) is 11.3. The van der Waals surface area contributed by atoms with Gasteiger partial charge >= 0.3 is 0 Å². The Morgan fingerprint density at radius 1 is 1.47 bits per heavy atom. The molecule has 0 aliphatic carbocycles. The summed E-state index contributed by atoms with van der Waals surface area (Å²) in [6, 6.07) is 5.04. The molecule has 0 saturated carbocycles. The minimum atomic E-state index is -0.239. The second kappa shape index (κ2) is 5.54. The van der Waals surface area contributed by atoms with Crippen molar-refractivity contribution in [2.24, 2.45) is 5.41 Å². The van der Waals surface area contributed by atoms with Gasteiger partial charge in [0.2, 0.25) is 0 Å². The van der Waals surface area contributed by atoms with Gasteiger partial charge in [-0.3, -0.25) is 4.79 Å². The fourth-order valence-electron chi connectivity index (χ4n) is 1.30. The van der Waals surface area contributed by atoms with Crippen LogP contribution in [0.2, 0.25) is 0 Å². The van der Waals surface area contributed by atoms with Gasteiger partial charge in [0, 0.05) is 11.9 Å². The predicted octanol–water partition coefficient (Wildman–Crippen LogP) is 2.85. The van der Waals surface area contributed by atoms with E-state index in [0.29, 0.717) is 12.1 Å². The monoisotopic (exact) mass is 299 g/mol. The first kappa shape index (κ1) is 14.0. The summed E-state index contributed by atoms with van der Waals surface area (Å²) in [4.78, 5) is 11.9. The lowest BCUT2D eigenvalue weighted by Crippen LogP contribution is -2.34. The SMILES string of the molecule is Cc1ccc(C(=O)NCC(C)(C)CBr)c(O)c1. The number of rotatable bonds is 4. The largest absolute Gasteiger partial charge is 0.507 e. The summed E-state index contributed by atoms with van der Waals surface area (Å²) in [5, 5.41) is 13.3. The van der Waals surface area contributed by atoms with Gasteiger partial charge in [0.25, 0.3) is 5.91 Å². The first-order valence-electron chi connectivity index (χ1n) is 5.49. The Hall–Kier alpha value is -1.03. The molecular formula is C13H18BrNO2. The lowest BCUT2D eigenvalue weighted by Gasteiger charge is -2.22. The molecular weight excluding hydrogens is 282 g/mol. The molecule has 2 N–H and O–H groups in total. The molecule has 17 heavy (non-hydrogen) atoms.